The molecule has 1 aromatic heterocycles. The monoisotopic (exact) mass is 380 g/mol. The van der Waals surface area contributed by atoms with Crippen molar-refractivity contribution in [1.82, 2.24) is 0 Å². The van der Waals surface area contributed by atoms with Gasteiger partial charge in [0.2, 0.25) is 0 Å². The summed E-state index contributed by atoms with van der Waals surface area (Å²) in [5.74, 6) is 0.170. The number of anilines is 1. The first-order valence-electron chi connectivity index (χ1n) is 9.31. The average Bonchev–Trinajstić information content (AvgIpc) is 2.72. The Bertz CT molecular complexity index is 1040. The number of hydrogen-bond acceptors (Lipinski definition) is 5. The van der Waals surface area contributed by atoms with E-state index in [1.165, 1.54) is 0 Å². The fourth-order valence-corrected chi connectivity index (χ4v) is 3.09. The third-order valence-electron chi connectivity index (χ3n) is 4.65. The summed E-state index contributed by atoms with van der Waals surface area (Å²) in [5, 5.41) is 3.41. The first kappa shape index (κ1) is 19.6. The molecule has 2 aromatic carbocycles. The second kappa shape index (κ2) is 8.71. The first-order chi connectivity index (χ1) is 13.6. The van der Waals surface area contributed by atoms with Crippen molar-refractivity contribution < 1.29 is 13.9 Å². The van der Waals surface area contributed by atoms with Gasteiger partial charge in [-0.25, -0.2) is 4.79 Å². The van der Waals surface area contributed by atoms with Gasteiger partial charge in [-0.05, 0) is 48.7 Å². The maximum absolute atomic E-state index is 12.6. The molecule has 0 aliphatic heterocycles. The van der Waals surface area contributed by atoms with Gasteiger partial charge in [-0.15, -0.1) is 0 Å². The second-order valence-electron chi connectivity index (χ2n) is 6.57. The molecule has 1 heterocycles. The van der Waals surface area contributed by atoms with Crippen molar-refractivity contribution in [3.05, 3.63) is 69.6 Å². The number of nitrogens with one attached hydrogen (secondary N) is 1. The van der Waals surface area contributed by atoms with Crippen molar-refractivity contribution in [3.63, 3.8) is 0 Å². The molecule has 0 aliphatic rings. The van der Waals surface area contributed by atoms with Crippen LogP contribution in [0.15, 0.2) is 51.7 Å². The highest BCUT2D eigenvalue weighted by Crippen LogP contribution is 2.29. The zero-order chi connectivity index (χ0) is 20.1. The number of carbonyl (C=O) groups excluding carboxylic acids is 1. The Balaban J connectivity index is 1.96. The fourth-order valence-electron chi connectivity index (χ4n) is 3.09. The molecule has 1 amide bonds. The van der Waals surface area contributed by atoms with E-state index in [-0.39, 0.29) is 5.56 Å². The molecule has 28 heavy (non-hydrogen) atoms. The van der Waals surface area contributed by atoms with Crippen LogP contribution in [0.1, 0.15) is 41.3 Å². The lowest BCUT2D eigenvalue weighted by Crippen LogP contribution is -2.20. The number of hydrogen-bond donors (Lipinski definition) is 2. The van der Waals surface area contributed by atoms with Crippen molar-refractivity contribution in [3.8, 4) is 5.75 Å². The standard InChI is InChI=1S/C22H24N2O4/c1-3-4-5-17-19(27-2)11-8-15-12-18(22(26)28-20(15)17)21(25)24-16-9-6-14(13-23)7-10-16/h6-12H,3-5,13,23H2,1-2H3,(H,24,25). The molecule has 0 atom stereocenters. The second-order valence-corrected chi connectivity index (χ2v) is 6.57. The summed E-state index contributed by atoms with van der Waals surface area (Å²) in [6, 6.07) is 12.3. The van der Waals surface area contributed by atoms with Gasteiger partial charge in [-0.1, -0.05) is 25.5 Å². The van der Waals surface area contributed by atoms with Crippen molar-refractivity contribution in [2.24, 2.45) is 5.73 Å². The van der Waals surface area contributed by atoms with Crippen LogP contribution in [0.4, 0.5) is 5.69 Å². The zero-order valence-corrected chi connectivity index (χ0v) is 16.1. The van der Waals surface area contributed by atoms with Crippen molar-refractivity contribution in [1.29, 1.82) is 0 Å². The zero-order valence-electron chi connectivity index (χ0n) is 16.1. The number of carbonyl (C=O) groups is 1. The van der Waals surface area contributed by atoms with E-state index in [0.717, 1.165) is 30.4 Å². The summed E-state index contributed by atoms with van der Waals surface area (Å²) in [6.07, 6.45) is 2.69. The maximum atomic E-state index is 12.6. The molecule has 0 fully saturated rings. The summed E-state index contributed by atoms with van der Waals surface area (Å²) >= 11 is 0. The lowest BCUT2D eigenvalue weighted by atomic mass is 10.0. The van der Waals surface area contributed by atoms with Crippen LogP contribution in [0.3, 0.4) is 0 Å². The minimum Gasteiger partial charge on any atom is -0.496 e. The number of aryl methyl sites for hydroxylation is 1. The molecule has 0 saturated carbocycles. The number of unbranched alkanes of at least 4 members (excludes halogenated alkanes) is 1. The minimum absolute atomic E-state index is 0.0398. The number of amides is 1. The summed E-state index contributed by atoms with van der Waals surface area (Å²) in [7, 11) is 1.59. The van der Waals surface area contributed by atoms with Gasteiger partial charge in [-0.3, -0.25) is 4.79 Å². The van der Waals surface area contributed by atoms with Crippen LogP contribution in [-0.2, 0) is 13.0 Å². The van der Waals surface area contributed by atoms with E-state index in [2.05, 4.69) is 12.2 Å². The van der Waals surface area contributed by atoms with Gasteiger partial charge in [0.05, 0.1) is 7.11 Å². The molecule has 3 aromatic rings. The molecule has 0 unspecified atom stereocenters. The van der Waals surface area contributed by atoms with Crippen LogP contribution >= 0.6 is 0 Å². The van der Waals surface area contributed by atoms with E-state index in [1.807, 2.05) is 18.2 Å². The highest BCUT2D eigenvalue weighted by atomic mass is 16.5. The number of benzene rings is 2. The molecule has 0 aliphatic carbocycles. The number of nitrogens with two attached hydrogens (primary N) is 1. The Morgan fingerprint density at radius 3 is 2.57 bits per heavy atom. The van der Waals surface area contributed by atoms with E-state index in [1.54, 1.807) is 31.4 Å². The average molecular weight is 380 g/mol. The molecule has 0 bridgehead atoms. The molecular formula is C22H24N2O4. The number of ether oxygens (including phenoxy) is 1. The molecule has 3 N–H and O–H groups in total. The predicted molar refractivity (Wildman–Crippen MR) is 110 cm³/mol. The molecule has 0 spiro atoms. The fraction of sp³-hybridized carbons (Fsp3) is 0.273. The highest BCUT2D eigenvalue weighted by Gasteiger charge is 2.17. The summed E-state index contributed by atoms with van der Waals surface area (Å²) in [5.41, 5.74) is 7.73. The Hall–Kier alpha value is -3.12. The summed E-state index contributed by atoms with van der Waals surface area (Å²) in [4.78, 5) is 25.1. The molecular weight excluding hydrogens is 356 g/mol. The first-order valence-corrected chi connectivity index (χ1v) is 9.31. The highest BCUT2D eigenvalue weighted by molar-refractivity contribution is 6.05. The minimum atomic E-state index is -0.672. The van der Waals surface area contributed by atoms with Crippen molar-refractivity contribution >= 4 is 22.6 Å². The quantitative estimate of drug-likeness (QED) is 0.607. The van der Waals surface area contributed by atoms with Crippen LogP contribution < -0.4 is 21.4 Å². The van der Waals surface area contributed by atoms with Crippen LogP contribution in [-0.4, -0.2) is 13.0 Å². The largest absolute Gasteiger partial charge is 0.496 e. The van der Waals surface area contributed by atoms with Gasteiger partial charge in [-0.2, -0.15) is 0 Å². The Kier molecular flexibility index (Phi) is 6.11. The van der Waals surface area contributed by atoms with Gasteiger partial charge in [0.25, 0.3) is 5.91 Å². The van der Waals surface area contributed by atoms with Crippen LogP contribution in [0.2, 0.25) is 0 Å². The third kappa shape index (κ3) is 4.07. The topological polar surface area (TPSA) is 94.6 Å². The number of rotatable bonds is 7. The van der Waals surface area contributed by atoms with Crippen LogP contribution in [0.25, 0.3) is 11.0 Å². The van der Waals surface area contributed by atoms with E-state index in [0.29, 0.717) is 29.0 Å². The predicted octanol–water partition coefficient (Wildman–Crippen LogP) is 3.86. The maximum Gasteiger partial charge on any atom is 0.349 e. The van der Waals surface area contributed by atoms with Gasteiger partial charge < -0.3 is 20.2 Å². The normalized spacial score (nSPS) is 10.8. The lowest BCUT2D eigenvalue weighted by molar-refractivity contribution is 0.102. The van der Waals surface area contributed by atoms with E-state index in [9.17, 15) is 9.59 Å². The molecule has 6 nitrogen and oxygen atoms in total. The van der Waals surface area contributed by atoms with Crippen LogP contribution in [0, 0.1) is 0 Å². The summed E-state index contributed by atoms with van der Waals surface area (Å²) in [6.45, 7) is 2.52. The van der Waals surface area contributed by atoms with Crippen molar-refractivity contribution in [2.45, 2.75) is 32.7 Å². The Morgan fingerprint density at radius 1 is 1.18 bits per heavy atom. The van der Waals surface area contributed by atoms with Crippen molar-refractivity contribution in [2.75, 3.05) is 12.4 Å². The van der Waals surface area contributed by atoms with Gasteiger partial charge in [0, 0.05) is 23.2 Å². The molecule has 0 saturated heterocycles. The van der Waals surface area contributed by atoms with Crippen LogP contribution in [0.5, 0.6) is 5.75 Å². The van der Waals surface area contributed by atoms with Gasteiger partial charge in [0.15, 0.2) is 0 Å². The molecule has 146 valence electrons. The van der Waals surface area contributed by atoms with Gasteiger partial charge >= 0.3 is 5.63 Å². The molecule has 6 heteroatoms. The smallest absolute Gasteiger partial charge is 0.349 e. The van der Waals surface area contributed by atoms with E-state index < -0.39 is 11.5 Å². The lowest BCUT2D eigenvalue weighted by Gasteiger charge is -2.11. The van der Waals surface area contributed by atoms with E-state index >= 15 is 0 Å². The summed E-state index contributed by atoms with van der Waals surface area (Å²) < 4.78 is 11.0. The number of methoxy groups -OCH3 is 1. The van der Waals surface area contributed by atoms with E-state index in [4.69, 9.17) is 14.9 Å². The Morgan fingerprint density at radius 2 is 1.93 bits per heavy atom. The molecule has 0 radical (unpaired) electrons. The third-order valence-corrected chi connectivity index (χ3v) is 4.65. The van der Waals surface area contributed by atoms with Gasteiger partial charge in [0.1, 0.15) is 16.9 Å². The Labute approximate surface area is 163 Å². The SMILES string of the molecule is CCCCc1c(OC)ccc2cc(C(=O)Nc3ccc(CN)cc3)c(=O)oc12. The molecule has 3 rings (SSSR count). The number of fused-ring (bicyclic) bond motifs is 1.